The van der Waals surface area contributed by atoms with Crippen LogP contribution in [0.5, 0.6) is 0 Å². The Morgan fingerprint density at radius 1 is 1.38 bits per heavy atom. The molecule has 1 unspecified atom stereocenters. The van der Waals surface area contributed by atoms with Crippen LogP contribution in [-0.4, -0.2) is 23.5 Å². The molecule has 0 bridgehead atoms. The summed E-state index contributed by atoms with van der Waals surface area (Å²) in [5, 5.41) is 9.24. The van der Waals surface area contributed by atoms with Crippen molar-refractivity contribution in [1.82, 2.24) is 14.7 Å². The minimum atomic E-state index is -3.69. The van der Waals surface area contributed by atoms with Gasteiger partial charge < -0.3 is 10.1 Å². The standard InChI is InChI=1S/C14H19N3O3S/c1-9-6-12(8-18)7-13(10(9)2)21(19,20)17-11(3)14-15-4-5-16-14/h4-7,11,17-18H,8H2,1-3H3,(H,15,16). The van der Waals surface area contributed by atoms with Crippen molar-refractivity contribution in [2.24, 2.45) is 0 Å². The van der Waals surface area contributed by atoms with E-state index in [1.54, 1.807) is 32.3 Å². The van der Waals surface area contributed by atoms with Crippen LogP contribution in [0.3, 0.4) is 0 Å². The molecule has 0 saturated carbocycles. The van der Waals surface area contributed by atoms with Crippen molar-refractivity contribution in [3.05, 3.63) is 47.0 Å². The molecule has 114 valence electrons. The van der Waals surface area contributed by atoms with Gasteiger partial charge in [-0.3, -0.25) is 0 Å². The molecule has 1 atom stereocenters. The van der Waals surface area contributed by atoms with Crippen LogP contribution in [0.2, 0.25) is 0 Å². The summed E-state index contributed by atoms with van der Waals surface area (Å²) in [6.07, 6.45) is 3.21. The van der Waals surface area contributed by atoms with Crippen LogP contribution >= 0.6 is 0 Å². The molecule has 2 aromatic rings. The second-order valence-corrected chi connectivity index (χ2v) is 6.69. The number of hydrogen-bond acceptors (Lipinski definition) is 4. The van der Waals surface area contributed by atoms with Gasteiger partial charge >= 0.3 is 0 Å². The summed E-state index contributed by atoms with van der Waals surface area (Å²) in [5.74, 6) is 0.547. The average molecular weight is 309 g/mol. The number of aliphatic hydroxyl groups excluding tert-OH is 1. The van der Waals surface area contributed by atoms with E-state index >= 15 is 0 Å². The van der Waals surface area contributed by atoms with Crippen LogP contribution < -0.4 is 4.72 Å². The number of hydrogen-bond donors (Lipinski definition) is 3. The van der Waals surface area contributed by atoms with Crippen molar-refractivity contribution in [2.45, 2.75) is 38.3 Å². The third-order valence-corrected chi connectivity index (χ3v) is 5.08. The van der Waals surface area contributed by atoms with Gasteiger partial charge in [-0.15, -0.1) is 0 Å². The second-order valence-electron chi connectivity index (χ2n) is 5.01. The highest BCUT2D eigenvalue weighted by atomic mass is 32.2. The molecule has 6 nitrogen and oxygen atoms in total. The number of nitrogens with zero attached hydrogens (tertiary/aromatic N) is 1. The van der Waals surface area contributed by atoms with E-state index in [4.69, 9.17) is 0 Å². The Kier molecular flexibility index (Phi) is 4.46. The van der Waals surface area contributed by atoms with Gasteiger partial charge in [-0.05, 0) is 43.5 Å². The van der Waals surface area contributed by atoms with E-state index in [2.05, 4.69) is 14.7 Å². The molecule has 0 radical (unpaired) electrons. The maximum absolute atomic E-state index is 12.5. The number of imidazole rings is 1. The third-order valence-electron chi connectivity index (χ3n) is 3.41. The monoisotopic (exact) mass is 309 g/mol. The first-order valence-corrected chi connectivity index (χ1v) is 8.06. The van der Waals surface area contributed by atoms with Gasteiger partial charge in [-0.2, -0.15) is 0 Å². The Morgan fingerprint density at radius 3 is 2.67 bits per heavy atom. The predicted molar refractivity (Wildman–Crippen MR) is 79.2 cm³/mol. The number of benzene rings is 1. The Balaban J connectivity index is 2.38. The van der Waals surface area contributed by atoms with Gasteiger partial charge in [0.05, 0.1) is 17.5 Å². The largest absolute Gasteiger partial charge is 0.392 e. The molecule has 0 fully saturated rings. The van der Waals surface area contributed by atoms with Crippen molar-refractivity contribution >= 4 is 10.0 Å². The number of aromatic amines is 1. The number of aliphatic hydroxyl groups is 1. The van der Waals surface area contributed by atoms with Gasteiger partial charge in [0.25, 0.3) is 0 Å². The van der Waals surface area contributed by atoms with Crippen LogP contribution in [0.1, 0.15) is 35.5 Å². The average Bonchev–Trinajstić information content (AvgIpc) is 2.95. The molecule has 0 aliphatic heterocycles. The van der Waals surface area contributed by atoms with Crippen molar-refractivity contribution in [1.29, 1.82) is 0 Å². The zero-order chi connectivity index (χ0) is 15.6. The molecule has 0 amide bonds. The first kappa shape index (κ1) is 15.7. The Morgan fingerprint density at radius 2 is 2.10 bits per heavy atom. The summed E-state index contributed by atoms with van der Waals surface area (Å²) < 4.78 is 27.7. The summed E-state index contributed by atoms with van der Waals surface area (Å²) in [5.41, 5.74) is 2.07. The predicted octanol–water partition coefficient (Wildman–Crippen LogP) is 1.56. The van der Waals surface area contributed by atoms with E-state index in [-0.39, 0.29) is 11.5 Å². The quantitative estimate of drug-likeness (QED) is 0.781. The number of nitrogens with one attached hydrogen (secondary N) is 2. The van der Waals surface area contributed by atoms with E-state index in [1.807, 2.05) is 6.92 Å². The fraction of sp³-hybridized carbons (Fsp3) is 0.357. The summed E-state index contributed by atoms with van der Waals surface area (Å²) in [7, 11) is -3.69. The lowest BCUT2D eigenvalue weighted by Gasteiger charge is -2.16. The SMILES string of the molecule is Cc1cc(CO)cc(S(=O)(=O)NC(C)c2ncc[nH]2)c1C. The third kappa shape index (κ3) is 3.31. The van der Waals surface area contributed by atoms with Crippen LogP contribution in [-0.2, 0) is 16.6 Å². The number of aryl methyl sites for hydroxylation is 1. The molecular formula is C14H19N3O3S. The van der Waals surface area contributed by atoms with Gasteiger partial charge in [0.1, 0.15) is 5.82 Å². The molecule has 2 rings (SSSR count). The smallest absolute Gasteiger partial charge is 0.241 e. The van der Waals surface area contributed by atoms with E-state index in [9.17, 15) is 13.5 Å². The highest BCUT2D eigenvalue weighted by Gasteiger charge is 2.22. The summed E-state index contributed by atoms with van der Waals surface area (Å²) in [6.45, 7) is 5.10. The van der Waals surface area contributed by atoms with E-state index < -0.39 is 16.1 Å². The highest BCUT2D eigenvalue weighted by molar-refractivity contribution is 7.89. The van der Waals surface area contributed by atoms with Crippen LogP contribution in [0.25, 0.3) is 0 Å². The number of sulfonamides is 1. The maximum Gasteiger partial charge on any atom is 0.241 e. The number of H-pyrrole nitrogens is 1. The van der Waals surface area contributed by atoms with Gasteiger partial charge in [0.15, 0.2) is 0 Å². The van der Waals surface area contributed by atoms with Crippen LogP contribution in [0, 0.1) is 13.8 Å². The Bertz CT molecular complexity index is 724. The Labute approximate surface area is 124 Å². The lowest BCUT2D eigenvalue weighted by Crippen LogP contribution is -2.28. The summed E-state index contributed by atoms with van der Waals surface area (Å²) in [6, 6.07) is 2.81. The molecule has 0 saturated heterocycles. The molecule has 1 aromatic carbocycles. The molecular weight excluding hydrogens is 290 g/mol. The molecule has 3 N–H and O–H groups in total. The van der Waals surface area contributed by atoms with Crippen molar-refractivity contribution in [3.63, 3.8) is 0 Å². The summed E-state index contributed by atoms with van der Waals surface area (Å²) in [4.78, 5) is 7.11. The molecule has 0 aliphatic carbocycles. The van der Waals surface area contributed by atoms with Crippen molar-refractivity contribution in [3.8, 4) is 0 Å². The van der Waals surface area contributed by atoms with Crippen LogP contribution in [0.15, 0.2) is 29.4 Å². The molecule has 0 spiro atoms. The van der Waals surface area contributed by atoms with Gasteiger partial charge in [-0.1, -0.05) is 6.07 Å². The molecule has 7 heteroatoms. The maximum atomic E-state index is 12.5. The molecule has 1 heterocycles. The van der Waals surface area contributed by atoms with Crippen molar-refractivity contribution in [2.75, 3.05) is 0 Å². The molecule has 21 heavy (non-hydrogen) atoms. The van der Waals surface area contributed by atoms with Gasteiger partial charge in [0, 0.05) is 12.4 Å². The zero-order valence-corrected chi connectivity index (χ0v) is 13.0. The topological polar surface area (TPSA) is 95.1 Å². The minimum Gasteiger partial charge on any atom is -0.392 e. The van der Waals surface area contributed by atoms with Crippen LogP contribution in [0.4, 0.5) is 0 Å². The minimum absolute atomic E-state index is 0.185. The lowest BCUT2D eigenvalue weighted by atomic mass is 10.1. The zero-order valence-electron chi connectivity index (χ0n) is 12.2. The fourth-order valence-corrected chi connectivity index (χ4v) is 3.71. The normalized spacial score (nSPS) is 13.3. The highest BCUT2D eigenvalue weighted by Crippen LogP contribution is 2.22. The first-order chi connectivity index (χ1) is 9.85. The fourth-order valence-electron chi connectivity index (χ4n) is 2.14. The number of rotatable bonds is 5. The number of aromatic nitrogens is 2. The van der Waals surface area contributed by atoms with Crippen molar-refractivity contribution < 1.29 is 13.5 Å². The van der Waals surface area contributed by atoms with E-state index in [0.29, 0.717) is 17.0 Å². The first-order valence-electron chi connectivity index (χ1n) is 6.57. The van der Waals surface area contributed by atoms with E-state index in [0.717, 1.165) is 5.56 Å². The second kappa shape index (κ2) is 5.97. The summed E-state index contributed by atoms with van der Waals surface area (Å²) >= 11 is 0. The van der Waals surface area contributed by atoms with Gasteiger partial charge in [-0.25, -0.2) is 18.1 Å². The van der Waals surface area contributed by atoms with E-state index in [1.165, 1.54) is 6.07 Å². The lowest BCUT2D eigenvalue weighted by molar-refractivity contribution is 0.281. The molecule has 1 aromatic heterocycles. The Hall–Kier alpha value is -1.70. The van der Waals surface area contributed by atoms with Gasteiger partial charge in [0.2, 0.25) is 10.0 Å². The molecule has 0 aliphatic rings.